The molecule has 4 heterocycles. The maximum Gasteiger partial charge on any atom is 0.198 e. The number of ether oxygens (including phenoxy) is 2. The van der Waals surface area contributed by atoms with Crippen LogP contribution in [0.5, 0.6) is 28.7 Å². The van der Waals surface area contributed by atoms with E-state index in [1.165, 1.54) is 13.8 Å². The molecule has 4 unspecified atom stereocenters. The second kappa shape index (κ2) is 7.10. The number of carbonyl (C=O) groups is 3. The molecular weight excluding hydrogens is 488 g/mol. The van der Waals surface area contributed by atoms with Crippen LogP contribution < -0.4 is 10.2 Å². The predicted molar refractivity (Wildman–Crippen MR) is 123 cm³/mol. The third-order valence-electron chi connectivity index (χ3n) is 7.61. The molecule has 6 rings (SSSR count). The van der Waals surface area contributed by atoms with Gasteiger partial charge in [0.1, 0.15) is 41.5 Å². The molecule has 190 valence electrons. The standard InChI is InChI=1S/C26H20O11/c1-9(27)20-23(34)26(8-35-16-5-14(30)13(29)4-11(16)22(26)33)24-19-18(7-25(20,2)37-24)36-17-6-15(31)12(28)3-10(17)21(19)32/h3-6,20,24,28-31H,7-8H2,1-2H3. The van der Waals surface area contributed by atoms with Gasteiger partial charge in [0, 0.05) is 18.6 Å². The Balaban J connectivity index is 1.67. The van der Waals surface area contributed by atoms with Gasteiger partial charge in [-0.2, -0.15) is 0 Å². The minimum absolute atomic E-state index is 0.0423. The maximum atomic E-state index is 14.1. The van der Waals surface area contributed by atoms with Crippen LogP contribution in [-0.4, -0.2) is 50.0 Å². The van der Waals surface area contributed by atoms with Crippen molar-refractivity contribution in [3.63, 3.8) is 0 Å². The summed E-state index contributed by atoms with van der Waals surface area (Å²) in [6.07, 6.45) is -1.68. The van der Waals surface area contributed by atoms with E-state index in [4.69, 9.17) is 13.9 Å². The molecule has 0 amide bonds. The van der Waals surface area contributed by atoms with E-state index in [2.05, 4.69) is 0 Å². The summed E-state index contributed by atoms with van der Waals surface area (Å²) in [5, 5.41) is 39.6. The Bertz CT molecular complexity index is 1650. The minimum atomic E-state index is -2.19. The Morgan fingerprint density at radius 1 is 0.973 bits per heavy atom. The van der Waals surface area contributed by atoms with E-state index < -0.39 is 75.4 Å². The van der Waals surface area contributed by atoms with Crippen LogP contribution >= 0.6 is 0 Å². The highest BCUT2D eigenvalue weighted by molar-refractivity contribution is 6.22. The number of carbonyl (C=O) groups excluding carboxylic acids is 3. The second-order valence-electron chi connectivity index (χ2n) is 9.93. The summed E-state index contributed by atoms with van der Waals surface area (Å²) in [6.45, 7) is 2.11. The van der Waals surface area contributed by atoms with Crippen molar-refractivity contribution in [3.8, 4) is 28.7 Å². The van der Waals surface area contributed by atoms with Crippen molar-refractivity contribution in [1.29, 1.82) is 0 Å². The molecule has 3 aliphatic rings. The summed E-state index contributed by atoms with van der Waals surface area (Å²) in [6, 6.07) is 4.06. The van der Waals surface area contributed by atoms with Crippen LogP contribution in [0.4, 0.5) is 0 Å². The lowest BCUT2D eigenvalue weighted by molar-refractivity contribution is -0.211. The van der Waals surface area contributed by atoms with E-state index in [9.17, 15) is 39.6 Å². The van der Waals surface area contributed by atoms with Gasteiger partial charge in [-0.05, 0) is 26.0 Å². The van der Waals surface area contributed by atoms with Gasteiger partial charge in [-0.3, -0.25) is 19.2 Å². The van der Waals surface area contributed by atoms with E-state index >= 15 is 0 Å². The maximum absolute atomic E-state index is 14.1. The number of benzene rings is 2. The number of hydrogen-bond donors (Lipinski definition) is 4. The van der Waals surface area contributed by atoms with E-state index in [1.807, 2.05) is 0 Å². The highest BCUT2D eigenvalue weighted by atomic mass is 16.5. The van der Waals surface area contributed by atoms with E-state index in [0.29, 0.717) is 0 Å². The highest BCUT2D eigenvalue weighted by Crippen LogP contribution is 2.58. The van der Waals surface area contributed by atoms with Gasteiger partial charge in [-0.15, -0.1) is 0 Å². The number of aromatic hydroxyl groups is 4. The minimum Gasteiger partial charge on any atom is -0.504 e. The number of phenolic OH excluding ortho intramolecular Hbond substituents is 4. The summed E-state index contributed by atoms with van der Waals surface area (Å²) in [5.41, 5.74) is -4.77. The van der Waals surface area contributed by atoms with Crippen molar-refractivity contribution in [2.45, 2.75) is 32.0 Å². The molecule has 11 heteroatoms. The number of hydrogen-bond acceptors (Lipinski definition) is 11. The average Bonchev–Trinajstić information content (AvgIpc) is 2.81. The van der Waals surface area contributed by atoms with Gasteiger partial charge >= 0.3 is 0 Å². The Morgan fingerprint density at radius 2 is 1.62 bits per heavy atom. The van der Waals surface area contributed by atoms with Crippen LogP contribution in [0.2, 0.25) is 0 Å². The van der Waals surface area contributed by atoms with Gasteiger partial charge in [0.2, 0.25) is 0 Å². The fraction of sp³-hybridized carbons (Fsp3) is 0.308. The summed E-state index contributed by atoms with van der Waals surface area (Å²) < 4.78 is 17.9. The fourth-order valence-corrected chi connectivity index (χ4v) is 5.89. The van der Waals surface area contributed by atoms with Crippen molar-refractivity contribution in [3.05, 3.63) is 51.4 Å². The van der Waals surface area contributed by atoms with Gasteiger partial charge in [0.05, 0.1) is 22.1 Å². The summed E-state index contributed by atoms with van der Waals surface area (Å²) in [4.78, 5) is 54.6. The molecule has 11 nitrogen and oxygen atoms in total. The highest BCUT2D eigenvalue weighted by Gasteiger charge is 2.69. The van der Waals surface area contributed by atoms with Crippen LogP contribution in [0.15, 0.2) is 33.5 Å². The predicted octanol–water partition coefficient (Wildman–Crippen LogP) is 2.04. The van der Waals surface area contributed by atoms with Crippen LogP contribution in [-0.2, 0) is 20.7 Å². The molecule has 4 atom stereocenters. The topological polar surface area (TPSA) is 181 Å². The quantitative estimate of drug-likeness (QED) is 0.279. The SMILES string of the molecule is CC(=O)C1C(=O)C2(COc3cc(O)c(O)cc3C2=O)C2OC1(C)Cc1oc3cc(O)c(O)cc3c(=O)c12. The van der Waals surface area contributed by atoms with Crippen molar-refractivity contribution >= 4 is 28.3 Å². The number of fused-ring (bicyclic) bond motifs is 7. The molecule has 37 heavy (non-hydrogen) atoms. The molecule has 2 bridgehead atoms. The van der Waals surface area contributed by atoms with Crippen molar-refractivity contribution in [2.24, 2.45) is 11.3 Å². The normalized spacial score (nSPS) is 28.1. The molecule has 1 aromatic heterocycles. The van der Waals surface area contributed by atoms with Crippen LogP contribution in [0.1, 0.15) is 41.6 Å². The Labute approximate surface area is 207 Å². The molecule has 1 spiro atoms. The molecule has 0 aliphatic carbocycles. The molecule has 0 saturated carbocycles. The zero-order valence-electron chi connectivity index (χ0n) is 19.5. The van der Waals surface area contributed by atoms with E-state index in [-0.39, 0.29) is 40.0 Å². The van der Waals surface area contributed by atoms with Crippen LogP contribution in [0.25, 0.3) is 11.0 Å². The van der Waals surface area contributed by atoms with E-state index in [0.717, 1.165) is 24.3 Å². The first-order chi connectivity index (χ1) is 17.4. The first kappa shape index (κ1) is 23.0. The number of Topliss-reactive ketones (excluding diaryl/α,β-unsaturated/α-hetero) is 3. The second-order valence-corrected chi connectivity index (χ2v) is 9.93. The Morgan fingerprint density at radius 3 is 2.32 bits per heavy atom. The lowest BCUT2D eigenvalue weighted by atomic mass is 9.58. The van der Waals surface area contributed by atoms with Gasteiger partial charge in [-0.25, -0.2) is 0 Å². The average molecular weight is 508 g/mol. The third-order valence-corrected chi connectivity index (χ3v) is 7.61. The molecule has 4 N–H and O–H groups in total. The first-order valence-electron chi connectivity index (χ1n) is 11.4. The van der Waals surface area contributed by atoms with Gasteiger partial charge in [0.15, 0.2) is 45.4 Å². The molecule has 2 aromatic carbocycles. The van der Waals surface area contributed by atoms with Crippen LogP contribution in [0.3, 0.4) is 0 Å². The zero-order valence-corrected chi connectivity index (χ0v) is 19.5. The molecule has 3 aliphatic heterocycles. The first-order valence-corrected chi connectivity index (χ1v) is 11.4. The number of rotatable bonds is 1. The molecule has 0 radical (unpaired) electrons. The summed E-state index contributed by atoms with van der Waals surface area (Å²) in [7, 11) is 0. The van der Waals surface area contributed by atoms with Crippen molar-refractivity contribution in [2.75, 3.05) is 6.61 Å². The van der Waals surface area contributed by atoms with E-state index in [1.54, 1.807) is 0 Å². The largest absolute Gasteiger partial charge is 0.504 e. The third kappa shape index (κ3) is 2.80. The van der Waals surface area contributed by atoms with Crippen molar-refractivity contribution < 1.29 is 48.7 Å². The Hall–Kier alpha value is -4.38. The van der Waals surface area contributed by atoms with Gasteiger partial charge in [-0.1, -0.05) is 0 Å². The molecule has 3 aromatic rings. The van der Waals surface area contributed by atoms with Gasteiger partial charge < -0.3 is 34.3 Å². The number of phenols is 4. The molecule has 1 fully saturated rings. The monoisotopic (exact) mass is 508 g/mol. The van der Waals surface area contributed by atoms with Crippen LogP contribution in [0, 0.1) is 11.3 Å². The summed E-state index contributed by atoms with van der Waals surface area (Å²) in [5.74, 6) is -5.91. The number of ketones is 3. The smallest absolute Gasteiger partial charge is 0.198 e. The molecular formula is C26H20O11. The lowest BCUT2D eigenvalue weighted by Gasteiger charge is -2.54. The molecule has 1 saturated heterocycles. The fourth-order valence-electron chi connectivity index (χ4n) is 5.89. The summed E-state index contributed by atoms with van der Waals surface area (Å²) >= 11 is 0. The Kier molecular flexibility index (Phi) is 4.42. The van der Waals surface area contributed by atoms with Crippen molar-refractivity contribution in [1.82, 2.24) is 0 Å². The lowest BCUT2D eigenvalue weighted by Crippen LogP contribution is -2.67. The van der Waals surface area contributed by atoms with Gasteiger partial charge in [0.25, 0.3) is 0 Å². The zero-order chi connectivity index (χ0) is 26.6.